The van der Waals surface area contributed by atoms with E-state index in [1.54, 1.807) is 12.3 Å². The molecule has 1 unspecified atom stereocenters. The van der Waals surface area contributed by atoms with Gasteiger partial charge in [0.1, 0.15) is 11.6 Å². The Hall–Kier alpha value is -1.68. The highest BCUT2D eigenvalue weighted by atomic mass is 19.1. The van der Waals surface area contributed by atoms with Crippen LogP contribution in [0.15, 0.2) is 30.5 Å². The predicted octanol–water partition coefficient (Wildman–Crippen LogP) is 2.63. The lowest BCUT2D eigenvalue weighted by molar-refractivity contribution is 0.628. The molecule has 0 fully saturated rings. The molecular formula is C12H14FN3. The van der Waals surface area contributed by atoms with Gasteiger partial charge >= 0.3 is 0 Å². The van der Waals surface area contributed by atoms with Gasteiger partial charge in [-0.15, -0.1) is 0 Å². The quantitative estimate of drug-likeness (QED) is 0.833. The lowest BCUT2D eigenvalue weighted by Crippen LogP contribution is -2.10. The van der Waals surface area contributed by atoms with Crippen LogP contribution in [0.5, 0.6) is 0 Å². The van der Waals surface area contributed by atoms with E-state index in [-0.39, 0.29) is 11.9 Å². The molecule has 1 heterocycles. The topological polar surface area (TPSA) is 54.7 Å². The van der Waals surface area contributed by atoms with Gasteiger partial charge in [-0.05, 0) is 18.6 Å². The third kappa shape index (κ3) is 2.12. The fraction of sp³-hybridized carbons (Fsp3) is 0.250. The summed E-state index contributed by atoms with van der Waals surface area (Å²) in [5.74, 6) is 0.482. The number of aromatic nitrogens is 2. The second-order valence-corrected chi connectivity index (χ2v) is 3.71. The summed E-state index contributed by atoms with van der Waals surface area (Å²) in [4.78, 5) is 7.29. The van der Waals surface area contributed by atoms with Gasteiger partial charge < -0.3 is 10.7 Å². The predicted molar refractivity (Wildman–Crippen MR) is 61.2 cm³/mol. The average molecular weight is 219 g/mol. The third-order valence-electron chi connectivity index (χ3n) is 2.52. The van der Waals surface area contributed by atoms with Crippen LogP contribution in [0.4, 0.5) is 4.39 Å². The summed E-state index contributed by atoms with van der Waals surface area (Å²) in [6.07, 6.45) is 2.50. The molecule has 0 aliphatic heterocycles. The first-order valence-electron chi connectivity index (χ1n) is 5.27. The van der Waals surface area contributed by atoms with E-state index in [9.17, 15) is 4.39 Å². The number of nitrogens with two attached hydrogens (primary N) is 1. The van der Waals surface area contributed by atoms with Gasteiger partial charge in [0.15, 0.2) is 0 Å². The molecule has 0 radical (unpaired) electrons. The van der Waals surface area contributed by atoms with Crippen molar-refractivity contribution in [2.75, 3.05) is 0 Å². The van der Waals surface area contributed by atoms with Gasteiger partial charge in [0, 0.05) is 5.56 Å². The fourth-order valence-corrected chi connectivity index (χ4v) is 1.52. The molecule has 1 aromatic carbocycles. The van der Waals surface area contributed by atoms with Crippen molar-refractivity contribution in [3.05, 3.63) is 42.1 Å². The normalized spacial score (nSPS) is 12.7. The molecule has 4 heteroatoms. The highest BCUT2D eigenvalue weighted by Crippen LogP contribution is 2.20. The number of H-pyrrole nitrogens is 1. The van der Waals surface area contributed by atoms with Gasteiger partial charge in [-0.2, -0.15) is 0 Å². The number of aromatic amines is 1. The molecule has 0 aliphatic carbocycles. The van der Waals surface area contributed by atoms with E-state index in [1.165, 1.54) is 12.1 Å². The number of nitrogens with one attached hydrogen (secondary N) is 1. The van der Waals surface area contributed by atoms with Crippen LogP contribution in [-0.4, -0.2) is 9.97 Å². The Morgan fingerprint density at radius 1 is 1.50 bits per heavy atom. The zero-order chi connectivity index (χ0) is 11.5. The van der Waals surface area contributed by atoms with Crippen molar-refractivity contribution in [3.8, 4) is 11.3 Å². The smallest absolute Gasteiger partial charge is 0.123 e. The zero-order valence-electron chi connectivity index (χ0n) is 9.07. The van der Waals surface area contributed by atoms with E-state index in [2.05, 4.69) is 9.97 Å². The van der Waals surface area contributed by atoms with E-state index in [1.807, 2.05) is 13.0 Å². The Morgan fingerprint density at radius 3 is 3.00 bits per heavy atom. The highest BCUT2D eigenvalue weighted by molar-refractivity contribution is 5.58. The van der Waals surface area contributed by atoms with Crippen molar-refractivity contribution < 1.29 is 4.39 Å². The Labute approximate surface area is 93.5 Å². The van der Waals surface area contributed by atoms with E-state index in [0.29, 0.717) is 0 Å². The molecule has 3 N–H and O–H groups in total. The molecule has 1 aromatic heterocycles. The van der Waals surface area contributed by atoms with Crippen LogP contribution < -0.4 is 5.73 Å². The molecule has 0 saturated heterocycles. The molecule has 0 saturated carbocycles. The molecule has 2 rings (SSSR count). The molecule has 0 bridgehead atoms. The fourth-order valence-electron chi connectivity index (χ4n) is 1.52. The Kier molecular flexibility index (Phi) is 3.01. The maximum absolute atomic E-state index is 13.0. The van der Waals surface area contributed by atoms with Gasteiger partial charge in [0.05, 0.1) is 17.9 Å². The molecule has 2 aromatic rings. The van der Waals surface area contributed by atoms with Crippen molar-refractivity contribution in [3.63, 3.8) is 0 Å². The van der Waals surface area contributed by atoms with Crippen molar-refractivity contribution in [2.24, 2.45) is 5.73 Å². The van der Waals surface area contributed by atoms with Crippen LogP contribution in [-0.2, 0) is 0 Å². The summed E-state index contributed by atoms with van der Waals surface area (Å²) in [5.41, 5.74) is 7.42. The van der Waals surface area contributed by atoms with Crippen LogP contribution in [0, 0.1) is 5.82 Å². The summed E-state index contributed by atoms with van der Waals surface area (Å²) in [7, 11) is 0. The number of rotatable bonds is 3. The van der Waals surface area contributed by atoms with Gasteiger partial charge in [0.2, 0.25) is 0 Å². The minimum absolute atomic E-state index is 0.0951. The molecule has 16 heavy (non-hydrogen) atoms. The standard InChI is InChI=1S/C12H14FN3/c1-2-10(14)12-15-7-11(16-12)8-4-3-5-9(13)6-8/h3-7,10H,2,14H2,1H3,(H,15,16). The average Bonchev–Trinajstić information content (AvgIpc) is 2.77. The molecule has 1 atom stereocenters. The van der Waals surface area contributed by atoms with E-state index in [0.717, 1.165) is 23.5 Å². The maximum atomic E-state index is 13.0. The molecule has 0 aliphatic rings. The molecule has 0 spiro atoms. The Morgan fingerprint density at radius 2 is 2.31 bits per heavy atom. The highest BCUT2D eigenvalue weighted by Gasteiger charge is 2.09. The summed E-state index contributed by atoms with van der Waals surface area (Å²) < 4.78 is 13.0. The first kappa shape index (κ1) is 10.8. The minimum Gasteiger partial charge on any atom is -0.341 e. The molecule has 84 valence electrons. The van der Waals surface area contributed by atoms with E-state index in [4.69, 9.17) is 5.73 Å². The number of halogens is 1. The molecular weight excluding hydrogens is 205 g/mol. The van der Waals surface area contributed by atoms with Crippen LogP contribution in [0.25, 0.3) is 11.3 Å². The number of imidazole rings is 1. The van der Waals surface area contributed by atoms with Gasteiger partial charge in [0.25, 0.3) is 0 Å². The van der Waals surface area contributed by atoms with Gasteiger partial charge in [-0.3, -0.25) is 0 Å². The Balaban J connectivity index is 2.31. The lowest BCUT2D eigenvalue weighted by atomic mass is 10.2. The van der Waals surface area contributed by atoms with Crippen molar-refractivity contribution in [1.29, 1.82) is 0 Å². The first-order valence-corrected chi connectivity index (χ1v) is 5.27. The monoisotopic (exact) mass is 219 g/mol. The van der Waals surface area contributed by atoms with E-state index < -0.39 is 0 Å². The maximum Gasteiger partial charge on any atom is 0.123 e. The van der Waals surface area contributed by atoms with E-state index >= 15 is 0 Å². The first-order chi connectivity index (χ1) is 7.70. The number of hydrogen-bond acceptors (Lipinski definition) is 2. The summed E-state index contributed by atoms with van der Waals surface area (Å²) in [6, 6.07) is 6.29. The van der Waals surface area contributed by atoms with Crippen molar-refractivity contribution in [2.45, 2.75) is 19.4 Å². The molecule has 0 amide bonds. The van der Waals surface area contributed by atoms with Gasteiger partial charge in [-0.25, -0.2) is 9.37 Å². The summed E-state index contributed by atoms with van der Waals surface area (Å²) in [6.45, 7) is 2.00. The number of hydrogen-bond donors (Lipinski definition) is 2. The second-order valence-electron chi connectivity index (χ2n) is 3.71. The summed E-state index contributed by atoms with van der Waals surface area (Å²) >= 11 is 0. The second kappa shape index (κ2) is 4.45. The van der Waals surface area contributed by atoms with Crippen LogP contribution in [0.3, 0.4) is 0 Å². The Bertz CT molecular complexity index is 479. The number of nitrogens with zero attached hydrogens (tertiary/aromatic N) is 1. The van der Waals surface area contributed by atoms with Crippen molar-refractivity contribution in [1.82, 2.24) is 9.97 Å². The van der Waals surface area contributed by atoms with Crippen molar-refractivity contribution >= 4 is 0 Å². The van der Waals surface area contributed by atoms with Crippen LogP contribution in [0.1, 0.15) is 25.2 Å². The SMILES string of the molecule is CCC(N)c1ncc(-c2cccc(F)c2)[nH]1. The number of benzene rings is 1. The summed E-state index contributed by atoms with van der Waals surface area (Å²) in [5, 5.41) is 0. The lowest BCUT2D eigenvalue weighted by Gasteiger charge is -2.03. The van der Waals surface area contributed by atoms with Crippen LogP contribution in [0.2, 0.25) is 0 Å². The zero-order valence-corrected chi connectivity index (χ0v) is 9.07. The third-order valence-corrected chi connectivity index (χ3v) is 2.52. The molecule has 3 nitrogen and oxygen atoms in total. The minimum atomic E-state index is -0.256. The largest absolute Gasteiger partial charge is 0.341 e. The van der Waals surface area contributed by atoms with Crippen LogP contribution >= 0.6 is 0 Å². The van der Waals surface area contributed by atoms with Gasteiger partial charge in [-0.1, -0.05) is 19.1 Å².